The maximum Gasteiger partial charge on any atom is 0.154 e. The molecule has 0 saturated carbocycles. The van der Waals surface area contributed by atoms with Crippen LogP contribution in [0.4, 0.5) is 0 Å². The first-order valence-corrected chi connectivity index (χ1v) is 8.24. The van der Waals surface area contributed by atoms with E-state index in [9.17, 15) is 8.42 Å². The summed E-state index contributed by atoms with van der Waals surface area (Å²) >= 11 is 0. The van der Waals surface area contributed by atoms with Gasteiger partial charge >= 0.3 is 0 Å². The van der Waals surface area contributed by atoms with Gasteiger partial charge in [0.2, 0.25) is 0 Å². The topological polar surface area (TPSA) is 60.2 Å². The van der Waals surface area contributed by atoms with Gasteiger partial charge in [0.15, 0.2) is 9.84 Å². The van der Waals surface area contributed by atoms with Gasteiger partial charge in [0.05, 0.1) is 11.0 Å². The molecule has 0 aliphatic carbocycles. The van der Waals surface area contributed by atoms with Gasteiger partial charge in [-0.2, -0.15) is 0 Å². The van der Waals surface area contributed by atoms with Crippen molar-refractivity contribution in [1.29, 1.82) is 0 Å². The van der Waals surface area contributed by atoms with Crippen LogP contribution in [0.25, 0.3) is 0 Å². The Morgan fingerprint density at radius 3 is 2.72 bits per heavy atom. The number of hydrogen-bond donors (Lipinski definition) is 1. The van der Waals surface area contributed by atoms with E-state index < -0.39 is 9.84 Å². The summed E-state index contributed by atoms with van der Waals surface area (Å²) in [5, 5.41) is -0.356. The molecule has 2 unspecified atom stereocenters. The highest BCUT2D eigenvalue weighted by atomic mass is 32.2. The molecule has 2 atom stereocenters. The van der Waals surface area contributed by atoms with Crippen LogP contribution >= 0.6 is 0 Å². The van der Waals surface area contributed by atoms with Gasteiger partial charge in [0.25, 0.3) is 0 Å². The summed E-state index contributed by atoms with van der Waals surface area (Å²) in [4.78, 5) is 0. The highest BCUT2D eigenvalue weighted by Crippen LogP contribution is 2.23. The molecule has 1 aromatic carbocycles. The Bertz CT molecular complexity index is 510. The molecule has 1 aliphatic heterocycles. The summed E-state index contributed by atoms with van der Waals surface area (Å²) < 4.78 is 24.0. The number of hydrogen-bond acceptors (Lipinski definition) is 3. The summed E-state index contributed by atoms with van der Waals surface area (Å²) in [6.45, 7) is 2.04. The van der Waals surface area contributed by atoms with Crippen molar-refractivity contribution in [3.63, 3.8) is 0 Å². The summed E-state index contributed by atoms with van der Waals surface area (Å²) in [5.41, 5.74) is 8.49. The van der Waals surface area contributed by atoms with Gasteiger partial charge in [0.1, 0.15) is 0 Å². The fourth-order valence-electron chi connectivity index (χ4n) is 2.68. The van der Waals surface area contributed by atoms with Gasteiger partial charge in [-0.1, -0.05) is 30.7 Å². The van der Waals surface area contributed by atoms with E-state index in [4.69, 9.17) is 5.73 Å². The second-order valence-corrected chi connectivity index (χ2v) is 7.54. The van der Waals surface area contributed by atoms with Crippen molar-refractivity contribution in [2.24, 2.45) is 5.73 Å². The van der Waals surface area contributed by atoms with E-state index in [1.165, 1.54) is 5.56 Å². The minimum Gasteiger partial charge on any atom is -0.326 e. The third kappa shape index (κ3) is 2.93. The molecule has 0 spiro atoms. The van der Waals surface area contributed by atoms with Crippen LogP contribution < -0.4 is 5.73 Å². The number of nitrogens with two attached hydrogens (primary N) is 1. The molecule has 0 bridgehead atoms. The molecule has 2 rings (SSSR count). The predicted molar refractivity (Wildman–Crippen MR) is 74.3 cm³/mol. The smallest absolute Gasteiger partial charge is 0.154 e. The predicted octanol–water partition coefficient (Wildman–Crippen LogP) is 1.83. The minimum absolute atomic E-state index is 0.281. The van der Waals surface area contributed by atoms with Gasteiger partial charge in [-0.05, 0) is 37.3 Å². The molecule has 2 N–H and O–H groups in total. The second kappa shape index (κ2) is 5.41. The van der Waals surface area contributed by atoms with Gasteiger partial charge in [-0.25, -0.2) is 8.42 Å². The largest absolute Gasteiger partial charge is 0.326 e. The van der Waals surface area contributed by atoms with E-state index in [0.717, 1.165) is 24.8 Å². The summed E-state index contributed by atoms with van der Waals surface area (Å²) in [6, 6.07) is 7.75. The third-order valence-electron chi connectivity index (χ3n) is 3.82. The molecule has 1 aromatic rings. The first-order chi connectivity index (χ1) is 8.50. The summed E-state index contributed by atoms with van der Waals surface area (Å²) in [5.74, 6) is 0.305. The fourth-order valence-corrected chi connectivity index (χ4v) is 4.75. The zero-order valence-electron chi connectivity index (χ0n) is 10.8. The van der Waals surface area contributed by atoms with E-state index in [2.05, 4.69) is 0 Å². The van der Waals surface area contributed by atoms with E-state index in [1.807, 2.05) is 31.2 Å². The normalized spacial score (nSPS) is 24.7. The van der Waals surface area contributed by atoms with E-state index >= 15 is 0 Å². The molecule has 18 heavy (non-hydrogen) atoms. The number of aryl methyl sites for hydroxylation is 1. The Morgan fingerprint density at radius 2 is 2.06 bits per heavy atom. The summed E-state index contributed by atoms with van der Waals surface area (Å²) in [6.07, 6.45) is 3.13. The Kier molecular flexibility index (Phi) is 4.07. The standard InChI is InChI=1S/C14H21NO2S/c1-11-6-2-3-7-12(11)10-13(15)14-8-4-5-9-18(14,16)17/h2-3,6-7,13-14H,4-5,8-10,15H2,1H3. The molecule has 1 saturated heterocycles. The van der Waals surface area contributed by atoms with Crippen LogP contribution in [0.2, 0.25) is 0 Å². The molecule has 0 amide bonds. The van der Waals surface area contributed by atoms with E-state index in [1.54, 1.807) is 0 Å². The van der Waals surface area contributed by atoms with Crippen LogP contribution in [0.1, 0.15) is 30.4 Å². The highest BCUT2D eigenvalue weighted by molar-refractivity contribution is 7.92. The third-order valence-corrected chi connectivity index (χ3v) is 6.19. The molecule has 0 aromatic heterocycles. The van der Waals surface area contributed by atoms with Crippen molar-refractivity contribution >= 4 is 9.84 Å². The maximum atomic E-state index is 12.0. The molecule has 4 heteroatoms. The van der Waals surface area contributed by atoms with Crippen molar-refractivity contribution in [1.82, 2.24) is 0 Å². The molecular formula is C14H21NO2S. The van der Waals surface area contributed by atoms with Gasteiger partial charge < -0.3 is 5.73 Å². The molecular weight excluding hydrogens is 246 g/mol. The van der Waals surface area contributed by atoms with Crippen molar-refractivity contribution in [3.05, 3.63) is 35.4 Å². The van der Waals surface area contributed by atoms with Crippen molar-refractivity contribution in [2.75, 3.05) is 5.75 Å². The minimum atomic E-state index is -2.98. The maximum absolute atomic E-state index is 12.0. The molecule has 3 nitrogen and oxygen atoms in total. The van der Waals surface area contributed by atoms with Crippen molar-refractivity contribution in [3.8, 4) is 0 Å². The molecule has 0 radical (unpaired) electrons. The highest BCUT2D eigenvalue weighted by Gasteiger charge is 2.33. The first-order valence-electron chi connectivity index (χ1n) is 6.52. The lowest BCUT2D eigenvalue weighted by atomic mass is 9.97. The van der Waals surface area contributed by atoms with Crippen LogP contribution in [0, 0.1) is 6.92 Å². The fraction of sp³-hybridized carbons (Fsp3) is 0.571. The SMILES string of the molecule is Cc1ccccc1CC(N)C1CCCCS1(=O)=O. The van der Waals surface area contributed by atoms with E-state index in [0.29, 0.717) is 12.2 Å². The van der Waals surface area contributed by atoms with Gasteiger partial charge in [-0.15, -0.1) is 0 Å². The van der Waals surface area contributed by atoms with Crippen molar-refractivity contribution in [2.45, 2.75) is 43.9 Å². The Hall–Kier alpha value is -0.870. The Morgan fingerprint density at radius 1 is 1.33 bits per heavy atom. The number of rotatable bonds is 3. The van der Waals surface area contributed by atoms with Crippen LogP contribution in [0.15, 0.2) is 24.3 Å². The van der Waals surface area contributed by atoms with Crippen LogP contribution in [-0.4, -0.2) is 25.5 Å². The first kappa shape index (κ1) is 13.6. The average Bonchev–Trinajstić information content (AvgIpc) is 2.31. The molecule has 100 valence electrons. The molecule has 1 fully saturated rings. The average molecular weight is 267 g/mol. The quantitative estimate of drug-likeness (QED) is 0.909. The monoisotopic (exact) mass is 267 g/mol. The lowest BCUT2D eigenvalue weighted by Gasteiger charge is -2.27. The molecule has 1 heterocycles. The van der Waals surface area contributed by atoms with Crippen LogP contribution in [0.3, 0.4) is 0 Å². The lowest BCUT2D eigenvalue weighted by molar-refractivity contribution is 0.495. The Labute approximate surface area is 109 Å². The molecule has 1 aliphatic rings. The van der Waals surface area contributed by atoms with Gasteiger partial charge in [0, 0.05) is 6.04 Å². The van der Waals surface area contributed by atoms with Gasteiger partial charge in [-0.3, -0.25) is 0 Å². The van der Waals surface area contributed by atoms with Crippen LogP contribution in [0.5, 0.6) is 0 Å². The number of sulfone groups is 1. The number of benzene rings is 1. The zero-order chi connectivity index (χ0) is 13.2. The summed E-state index contributed by atoms with van der Waals surface area (Å²) in [7, 11) is -2.98. The van der Waals surface area contributed by atoms with Crippen LogP contribution in [-0.2, 0) is 16.3 Å². The second-order valence-electron chi connectivity index (χ2n) is 5.20. The van der Waals surface area contributed by atoms with E-state index in [-0.39, 0.29) is 11.3 Å². The zero-order valence-corrected chi connectivity index (χ0v) is 11.6. The lowest BCUT2D eigenvalue weighted by Crippen LogP contribution is -2.44. The Balaban J connectivity index is 2.12. The van der Waals surface area contributed by atoms with Crippen molar-refractivity contribution < 1.29 is 8.42 Å².